The van der Waals surface area contributed by atoms with E-state index in [0.717, 1.165) is 18.5 Å². The molecule has 1 heterocycles. The van der Waals surface area contributed by atoms with Crippen molar-refractivity contribution in [3.63, 3.8) is 0 Å². The number of hydrogen-bond acceptors (Lipinski definition) is 5. The van der Waals surface area contributed by atoms with Crippen LogP contribution in [0.5, 0.6) is 5.75 Å². The van der Waals surface area contributed by atoms with Gasteiger partial charge in [-0.15, -0.1) is 0 Å². The van der Waals surface area contributed by atoms with E-state index in [1.807, 2.05) is 25.1 Å². The second kappa shape index (κ2) is 9.19. The van der Waals surface area contributed by atoms with Crippen molar-refractivity contribution in [2.24, 2.45) is 0 Å². The van der Waals surface area contributed by atoms with Crippen LogP contribution < -0.4 is 15.4 Å². The molecular formula is C21H21ClN4O2. The first kappa shape index (κ1) is 19.6. The summed E-state index contributed by atoms with van der Waals surface area (Å²) in [7, 11) is 1.52. The molecule has 0 fully saturated rings. The van der Waals surface area contributed by atoms with Gasteiger partial charge < -0.3 is 15.4 Å². The zero-order chi connectivity index (χ0) is 19.9. The molecule has 0 saturated carbocycles. The van der Waals surface area contributed by atoms with Gasteiger partial charge in [-0.2, -0.15) is 0 Å². The Morgan fingerprint density at radius 1 is 1.14 bits per heavy atom. The zero-order valence-corrected chi connectivity index (χ0v) is 16.5. The molecule has 3 aromatic rings. The largest absolute Gasteiger partial charge is 0.495 e. The number of nitrogens with one attached hydrogen (secondary N) is 2. The minimum atomic E-state index is -0.372. The van der Waals surface area contributed by atoms with Gasteiger partial charge in [0.15, 0.2) is 0 Å². The van der Waals surface area contributed by atoms with E-state index >= 15 is 0 Å². The third kappa shape index (κ3) is 4.98. The fraction of sp³-hybridized carbons (Fsp3) is 0.190. The summed E-state index contributed by atoms with van der Waals surface area (Å²) in [6.07, 6.45) is 3.86. The Morgan fingerprint density at radius 3 is 2.61 bits per heavy atom. The second-order valence-corrected chi connectivity index (χ2v) is 6.61. The molecule has 2 N–H and O–H groups in total. The van der Waals surface area contributed by atoms with E-state index < -0.39 is 0 Å². The van der Waals surface area contributed by atoms with Gasteiger partial charge >= 0.3 is 0 Å². The van der Waals surface area contributed by atoms with E-state index in [1.54, 1.807) is 18.3 Å². The number of benzene rings is 2. The van der Waals surface area contributed by atoms with Gasteiger partial charge in [-0.1, -0.05) is 41.9 Å². The highest BCUT2D eigenvalue weighted by atomic mass is 35.5. The van der Waals surface area contributed by atoms with Crippen LogP contribution in [0.25, 0.3) is 0 Å². The quantitative estimate of drug-likeness (QED) is 0.620. The van der Waals surface area contributed by atoms with Crippen LogP contribution >= 0.6 is 11.6 Å². The number of halogens is 1. The van der Waals surface area contributed by atoms with Crippen LogP contribution in [0.15, 0.2) is 54.9 Å². The number of ether oxygens (including phenoxy) is 1. The molecule has 6 nitrogen and oxygen atoms in total. The summed E-state index contributed by atoms with van der Waals surface area (Å²) in [6.45, 7) is 2.58. The Bertz CT molecular complexity index is 947. The molecule has 28 heavy (non-hydrogen) atoms. The fourth-order valence-corrected chi connectivity index (χ4v) is 2.79. The Morgan fingerprint density at radius 2 is 1.93 bits per heavy atom. The van der Waals surface area contributed by atoms with Gasteiger partial charge in [-0.3, -0.25) is 4.79 Å². The van der Waals surface area contributed by atoms with E-state index in [0.29, 0.717) is 22.3 Å². The van der Waals surface area contributed by atoms with Crippen molar-refractivity contribution in [2.45, 2.75) is 13.3 Å². The van der Waals surface area contributed by atoms with Crippen molar-refractivity contribution >= 4 is 29.0 Å². The van der Waals surface area contributed by atoms with Crippen molar-refractivity contribution in [1.82, 2.24) is 9.97 Å². The number of aromatic nitrogens is 2. The van der Waals surface area contributed by atoms with Gasteiger partial charge in [0.2, 0.25) is 0 Å². The van der Waals surface area contributed by atoms with Gasteiger partial charge in [-0.25, -0.2) is 9.97 Å². The first-order valence-corrected chi connectivity index (χ1v) is 9.20. The number of nitrogens with zero attached hydrogens (tertiary/aromatic N) is 2. The summed E-state index contributed by atoms with van der Waals surface area (Å²) < 4.78 is 5.27. The van der Waals surface area contributed by atoms with Gasteiger partial charge in [0.25, 0.3) is 5.91 Å². The molecule has 0 saturated heterocycles. The lowest BCUT2D eigenvalue weighted by atomic mass is 10.1. The highest BCUT2D eigenvalue weighted by Gasteiger charge is 2.13. The molecule has 7 heteroatoms. The molecule has 144 valence electrons. The molecular weight excluding hydrogens is 376 g/mol. The molecule has 1 amide bonds. The third-order valence-corrected chi connectivity index (χ3v) is 4.58. The summed E-state index contributed by atoms with van der Waals surface area (Å²) in [5.74, 6) is 0.729. The minimum Gasteiger partial charge on any atom is -0.495 e. The van der Waals surface area contributed by atoms with Crippen molar-refractivity contribution in [2.75, 3.05) is 24.3 Å². The van der Waals surface area contributed by atoms with Crippen LogP contribution in [0.3, 0.4) is 0 Å². The number of methoxy groups -OCH3 is 1. The summed E-state index contributed by atoms with van der Waals surface area (Å²) >= 11 is 6.09. The number of amides is 1. The molecule has 0 unspecified atom stereocenters. The molecule has 0 aliphatic carbocycles. The van der Waals surface area contributed by atoms with E-state index in [-0.39, 0.29) is 11.6 Å². The SMILES string of the molecule is COc1cc(Cl)c(C)cc1NC(=O)c1cnc(NCCc2ccccc2)cn1. The standard InChI is InChI=1S/C21H21ClN4O2/c1-14-10-17(19(28-2)11-16(14)22)26-21(27)18-12-25-20(13-24-18)23-9-8-15-6-4-3-5-7-15/h3-7,10-13H,8-9H2,1-2H3,(H,23,25)(H,26,27). The molecule has 0 aliphatic rings. The first-order valence-electron chi connectivity index (χ1n) is 8.82. The van der Waals surface area contributed by atoms with Gasteiger partial charge in [0.1, 0.15) is 17.3 Å². The van der Waals surface area contributed by atoms with E-state index in [2.05, 4.69) is 32.7 Å². The smallest absolute Gasteiger partial charge is 0.275 e. The van der Waals surface area contributed by atoms with Crippen LogP contribution in [-0.2, 0) is 6.42 Å². The van der Waals surface area contributed by atoms with Crippen molar-refractivity contribution < 1.29 is 9.53 Å². The van der Waals surface area contributed by atoms with E-state index in [1.165, 1.54) is 18.9 Å². The predicted molar refractivity (Wildman–Crippen MR) is 111 cm³/mol. The molecule has 0 spiro atoms. The van der Waals surface area contributed by atoms with Crippen LogP contribution in [0.4, 0.5) is 11.5 Å². The number of rotatable bonds is 7. The molecule has 1 aromatic heterocycles. The van der Waals surface area contributed by atoms with Crippen LogP contribution in [0.1, 0.15) is 21.6 Å². The van der Waals surface area contributed by atoms with Crippen LogP contribution in [0, 0.1) is 6.92 Å². The number of carbonyl (C=O) groups excluding carboxylic acids is 1. The summed E-state index contributed by atoms with van der Waals surface area (Å²) in [4.78, 5) is 20.9. The van der Waals surface area contributed by atoms with Crippen molar-refractivity contribution in [3.8, 4) is 5.75 Å². The maximum absolute atomic E-state index is 12.5. The Kier molecular flexibility index (Phi) is 6.45. The topological polar surface area (TPSA) is 76.1 Å². The predicted octanol–water partition coefficient (Wildman–Crippen LogP) is 4.35. The van der Waals surface area contributed by atoms with E-state index in [4.69, 9.17) is 16.3 Å². The Labute approximate surface area is 168 Å². The molecule has 0 aliphatic heterocycles. The summed E-state index contributed by atoms with van der Waals surface area (Å²) in [5, 5.41) is 6.56. The van der Waals surface area contributed by atoms with E-state index in [9.17, 15) is 4.79 Å². The van der Waals surface area contributed by atoms with Crippen molar-refractivity contribution in [3.05, 3.63) is 76.7 Å². The third-order valence-electron chi connectivity index (χ3n) is 4.18. The number of carbonyl (C=O) groups is 1. The Hall–Kier alpha value is -3.12. The lowest BCUT2D eigenvalue weighted by molar-refractivity contribution is 0.102. The monoisotopic (exact) mass is 396 g/mol. The first-order chi connectivity index (χ1) is 13.6. The maximum Gasteiger partial charge on any atom is 0.275 e. The highest BCUT2D eigenvalue weighted by Crippen LogP contribution is 2.31. The number of anilines is 2. The molecule has 0 bridgehead atoms. The maximum atomic E-state index is 12.5. The normalized spacial score (nSPS) is 10.4. The number of aryl methyl sites for hydroxylation is 1. The zero-order valence-electron chi connectivity index (χ0n) is 15.7. The average molecular weight is 397 g/mol. The molecule has 0 atom stereocenters. The second-order valence-electron chi connectivity index (χ2n) is 6.21. The summed E-state index contributed by atoms with van der Waals surface area (Å²) in [5.41, 5.74) is 2.82. The average Bonchev–Trinajstić information content (AvgIpc) is 2.72. The Balaban J connectivity index is 1.60. The lowest BCUT2D eigenvalue weighted by Crippen LogP contribution is -2.15. The minimum absolute atomic E-state index is 0.211. The molecule has 3 rings (SSSR count). The van der Waals surface area contributed by atoms with Crippen LogP contribution in [-0.4, -0.2) is 29.5 Å². The van der Waals surface area contributed by atoms with Gasteiger partial charge in [0, 0.05) is 17.6 Å². The number of hydrogen-bond donors (Lipinski definition) is 2. The van der Waals surface area contributed by atoms with Crippen molar-refractivity contribution in [1.29, 1.82) is 0 Å². The fourth-order valence-electron chi connectivity index (χ4n) is 2.63. The molecule has 2 aromatic carbocycles. The van der Waals surface area contributed by atoms with Crippen LogP contribution in [0.2, 0.25) is 5.02 Å². The lowest BCUT2D eigenvalue weighted by Gasteiger charge is -2.12. The van der Waals surface area contributed by atoms with Gasteiger partial charge in [0.05, 0.1) is 25.2 Å². The highest BCUT2D eigenvalue weighted by molar-refractivity contribution is 6.31. The van der Waals surface area contributed by atoms with Gasteiger partial charge in [-0.05, 0) is 30.5 Å². The summed E-state index contributed by atoms with van der Waals surface area (Å²) in [6, 6.07) is 13.6. The molecule has 0 radical (unpaired) electrons.